The van der Waals surface area contributed by atoms with Crippen molar-refractivity contribution in [3.05, 3.63) is 57.5 Å². The molecule has 1 heterocycles. The number of benzene rings is 1. The van der Waals surface area contributed by atoms with Crippen LogP contribution in [0.1, 0.15) is 41.5 Å². The van der Waals surface area contributed by atoms with Crippen LogP contribution in [0.3, 0.4) is 0 Å². The minimum atomic E-state index is -0.915. The van der Waals surface area contributed by atoms with Crippen LogP contribution in [0.15, 0.2) is 35.1 Å². The van der Waals surface area contributed by atoms with Gasteiger partial charge >= 0.3 is 5.97 Å². The van der Waals surface area contributed by atoms with Gasteiger partial charge in [0.1, 0.15) is 5.69 Å². The van der Waals surface area contributed by atoms with Crippen LogP contribution in [0.4, 0.5) is 5.69 Å². The van der Waals surface area contributed by atoms with E-state index in [1.54, 1.807) is 13.0 Å². The van der Waals surface area contributed by atoms with Crippen LogP contribution >= 0.6 is 0 Å². The smallest absolute Gasteiger partial charge is 0.330 e. The predicted molar refractivity (Wildman–Crippen MR) is 93.7 cm³/mol. The Kier molecular flexibility index (Phi) is 5.69. The molecule has 1 unspecified atom stereocenters. The Labute approximate surface area is 145 Å². The van der Waals surface area contributed by atoms with Gasteiger partial charge in [-0.3, -0.25) is 9.59 Å². The van der Waals surface area contributed by atoms with Gasteiger partial charge in [-0.05, 0) is 57.0 Å². The van der Waals surface area contributed by atoms with Crippen molar-refractivity contribution in [1.29, 1.82) is 0 Å². The van der Waals surface area contributed by atoms with Gasteiger partial charge < -0.3 is 10.1 Å². The Balaban J connectivity index is 2.25. The number of carbonyl (C=O) groups is 2. The molecule has 0 aliphatic rings. The average Bonchev–Trinajstić information content (AvgIpc) is 2.58. The fourth-order valence-electron chi connectivity index (χ4n) is 2.20. The number of hydrogen-bond acceptors (Lipinski definition) is 5. The summed E-state index contributed by atoms with van der Waals surface area (Å²) in [5, 5.41) is 6.74. The summed E-state index contributed by atoms with van der Waals surface area (Å²) in [7, 11) is 0. The topological polar surface area (TPSA) is 90.3 Å². The van der Waals surface area contributed by atoms with E-state index in [-0.39, 0.29) is 12.3 Å². The normalized spacial score (nSPS) is 11.7. The fourth-order valence-corrected chi connectivity index (χ4v) is 2.20. The Morgan fingerprint density at radius 1 is 1.20 bits per heavy atom. The summed E-state index contributed by atoms with van der Waals surface area (Å²) in [5.41, 5.74) is 2.35. The third-order valence-corrected chi connectivity index (χ3v) is 3.82. The Morgan fingerprint density at radius 3 is 2.56 bits per heavy atom. The van der Waals surface area contributed by atoms with Crippen molar-refractivity contribution in [2.24, 2.45) is 0 Å². The van der Waals surface area contributed by atoms with Crippen LogP contribution < -0.4 is 10.9 Å². The molecule has 2 aromatic rings. The number of amides is 1. The van der Waals surface area contributed by atoms with Crippen LogP contribution in [-0.4, -0.2) is 28.3 Å². The first-order valence-electron chi connectivity index (χ1n) is 7.98. The maximum Gasteiger partial charge on any atom is 0.330 e. The van der Waals surface area contributed by atoms with Crippen molar-refractivity contribution < 1.29 is 14.3 Å². The number of rotatable bonds is 5. The zero-order valence-electron chi connectivity index (χ0n) is 14.7. The summed E-state index contributed by atoms with van der Waals surface area (Å²) < 4.78 is 5.85. The molecule has 132 valence electrons. The Hall–Kier alpha value is -2.96. The number of nitrogens with one attached hydrogen (secondary N) is 1. The molecule has 0 saturated carbocycles. The van der Waals surface area contributed by atoms with Crippen LogP contribution in [-0.2, 0) is 9.53 Å². The van der Waals surface area contributed by atoms with Gasteiger partial charge in [-0.15, -0.1) is 0 Å². The van der Waals surface area contributed by atoms with Crippen molar-refractivity contribution in [3.8, 4) is 0 Å². The molecule has 7 heteroatoms. The molecule has 7 nitrogen and oxygen atoms in total. The van der Waals surface area contributed by atoms with Gasteiger partial charge in [0, 0.05) is 11.8 Å². The summed E-state index contributed by atoms with van der Waals surface area (Å²) in [6, 6.07) is 7.16. The molecule has 1 N–H and O–H groups in total. The van der Waals surface area contributed by atoms with Gasteiger partial charge in [0.25, 0.3) is 11.5 Å². The molecule has 1 aromatic heterocycles. The molecular weight excluding hydrogens is 322 g/mol. The van der Waals surface area contributed by atoms with Gasteiger partial charge in [-0.25, -0.2) is 9.48 Å². The molecule has 0 fully saturated rings. The van der Waals surface area contributed by atoms with Gasteiger partial charge in [0.2, 0.25) is 0 Å². The van der Waals surface area contributed by atoms with Gasteiger partial charge in [0.05, 0.1) is 6.61 Å². The van der Waals surface area contributed by atoms with Crippen LogP contribution in [0, 0.1) is 13.8 Å². The number of nitrogens with zero attached hydrogens (tertiary/aromatic N) is 2. The summed E-state index contributed by atoms with van der Waals surface area (Å²) in [4.78, 5) is 36.1. The van der Waals surface area contributed by atoms with E-state index in [9.17, 15) is 14.4 Å². The first-order chi connectivity index (χ1) is 11.8. The van der Waals surface area contributed by atoms with E-state index >= 15 is 0 Å². The summed E-state index contributed by atoms with van der Waals surface area (Å²) in [6.07, 6.45) is 0. The lowest BCUT2D eigenvalue weighted by Crippen LogP contribution is -2.32. The SMILES string of the molecule is CCOC(=O)C(C)n1nc(C(=O)Nc2ccc(C)c(C)c2)ccc1=O. The van der Waals surface area contributed by atoms with E-state index in [0.29, 0.717) is 5.69 Å². The Bertz CT molecular complexity index is 858. The van der Waals surface area contributed by atoms with E-state index in [4.69, 9.17) is 4.74 Å². The van der Waals surface area contributed by atoms with Crippen molar-refractivity contribution in [1.82, 2.24) is 9.78 Å². The third kappa shape index (κ3) is 4.32. The van der Waals surface area contributed by atoms with Crippen LogP contribution in [0.25, 0.3) is 0 Å². The highest BCUT2D eigenvalue weighted by Gasteiger charge is 2.20. The van der Waals surface area contributed by atoms with E-state index in [2.05, 4.69) is 10.4 Å². The lowest BCUT2D eigenvalue weighted by molar-refractivity contribution is -0.147. The zero-order chi connectivity index (χ0) is 18.6. The largest absolute Gasteiger partial charge is 0.464 e. The molecule has 2 rings (SSSR count). The summed E-state index contributed by atoms with van der Waals surface area (Å²) >= 11 is 0. The minimum Gasteiger partial charge on any atom is -0.464 e. The molecule has 0 aliphatic heterocycles. The van der Waals surface area contributed by atoms with Gasteiger partial charge in [-0.2, -0.15) is 5.10 Å². The molecular formula is C18H21N3O4. The second-order valence-corrected chi connectivity index (χ2v) is 5.68. The number of anilines is 1. The number of aromatic nitrogens is 2. The molecule has 1 aromatic carbocycles. The molecule has 0 aliphatic carbocycles. The third-order valence-electron chi connectivity index (χ3n) is 3.82. The molecule has 1 atom stereocenters. The zero-order valence-corrected chi connectivity index (χ0v) is 14.7. The monoisotopic (exact) mass is 343 g/mol. The number of carbonyl (C=O) groups excluding carboxylic acids is 2. The van der Waals surface area contributed by atoms with Crippen LogP contribution in [0.2, 0.25) is 0 Å². The Morgan fingerprint density at radius 2 is 1.92 bits per heavy atom. The molecule has 0 radical (unpaired) electrons. The highest BCUT2D eigenvalue weighted by atomic mass is 16.5. The van der Waals surface area contributed by atoms with E-state index in [1.165, 1.54) is 19.1 Å². The quantitative estimate of drug-likeness (QED) is 0.841. The van der Waals surface area contributed by atoms with Crippen molar-refractivity contribution in [3.63, 3.8) is 0 Å². The van der Waals surface area contributed by atoms with E-state index < -0.39 is 23.5 Å². The lowest BCUT2D eigenvalue weighted by atomic mass is 10.1. The minimum absolute atomic E-state index is 0.0361. The average molecular weight is 343 g/mol. The number of aryl methyl sites for hydroxylation is 2. The fraction of sp³-hybridized carbons (Fsp3) is 0.333. The van der Waals surface area contributed by atoms with Crippen molar-refractivity contribution in [2.45, 2.75) is 33.7 Å². The van der Waals surface area contributed by atoms with Crippen molar-refractivity contribution in [2.75, 3.05) is 11.9 Å². The van der Waals surface area contributed by atoms with E-state index in [0.717, 1.165) is 15.8 Å². The molecule has 0 bridgehead atoms. The maximum absolute atomic E-state index is 12.4. The van der Waals surface area contributed by atoms with E-state index in [1.807, 2.05) is 26.0 Å². The lowest BCUT2D eigenvalue weighted by Gasteiger charge is -2.13. The second-order valence-electron chi connectivity index (χ2n) is 5.68. The van der Waals surface area contributed by atoms with Gasteiger partial charge in [-0.1, -0.05) is 6.07 Å². The summed E-state index contributed by atoms with van der Waals surface area (Å²) in [6.45, 7) is 7.30. The molecule has 0 saturated heterocycles. The molecule has 1 amide bonds. The number of esters is 1. The first kappa shape index (κ1) is 18.4. The van der Waals surface area contributed by atoms with Gasteiger partial charge in [0.15, 0.2) is 6.04 Å². The maximum atomic E-state index is 12.4. The standard InChI is InChI=1S/C18H21N3O4/c1-5-25-18(24)13(4)21-16(22)9-8-15(20-21)17(23)19-14-7-6-11(2)12(3)10-14/h6-10,13H,5H2,1-4H3,(H,19,23). The van der Waals surface area contributed by atoms with Crippen molar-refractivity contribution >= 4 is 17.6 Å². The second kappa shape index (κ2) is 7.74. The molecule has 25 heavy (non-hydrogen) atoms. The summed E-state index contributed by atoms with van der Waals surface area (Å²) in [5.74, 6) is -1.04. The predicted octanol–water partition coefficient (Wildman–Crippen LogP) is 2.24. The van der Waals surface area contributed by atoms with Crippen LogP contribution in [0.5, 0.6) is 0 Å². The highest BCUT2D eigenvalue weighted by Crippen LogP contribution is 2.15. The number of ether oxygens (including phenoxy) is 1. The highest BCUT2D eigenvalue weighted by molar-refractivity contribution is 6.02. The number of hydrogen-bond donors (Lipinski definition) is 1. The first-order valence-corrected chi connectivity index (χ1v) is 7.98. The molecule has 0 spiro atoms.